The van der Waals surface area contributed by atoms with Crippen molar-refractivity contribution in [2.75, 3.05) is 7.11 Å². The predicted molar refractivity (Wildman–Crippen MR) is 82.2 cm³/mol. The third kappa shape index (κ3) is 2.50. The zero-order valence-corrected chi connectivity index (χ0v) is 12.1. The molecule has 0 aliphatic carbocycles. The zero-order valence-electron chi connectivity index (χ0n) is 12.1. The quantitative estimate of drug-likeness (QED) is 0.438. The molecule has 116 valence electrons. The van der Waals surface area contributed by atoms with Gasteiger partial charge in [-0.1, -0.05) is 0 Å². The van der Waals surface area contributed by atoms with Crippen LogP contribution in [-0.4, -0.2) is 23.1 Å². The maximum absolute atomic E-state index is 12.4. The van der Waals surface area contributed by atoms with Gasteiger partial charge in [0, 0.05) is 10.9 Å². The van der Waals surface area contributed by atoms with Gasteiger partial charge in [0.1, 0.15) is 11.3 Å². The Morgan fingerprint density at radius 3 is 2.43 bits per heavy atom. The van der Waals surface area contributed by atoms with Crippen LogP contribution in [0.15, 0.2) is 51.7 Å². The number of ether oxygens (including phenoxy) is 1. The molecule has 0 fully saturated rings. The maximum atomic E-state index is 12.4. The largest absolute Gasteiger partial charge is 0.504 e. The summed E-state index contributed by atoms with van der Waals surface area (Å²) in [5.74, 6) is -0.860. The van der Waals surface area contributed by atoms with E-state index in [1.165, 1.54) is 25.3 Å². The molecular formula is C17H12O6. The Labute approximate surface area is 130 Å². The van der Waals surface area contributed by atoms with Crippen molar-refractivity contribution >= 4 is 16.8 Å². The molecule has 2 N–H and O–H groups in total. The minimum Gasteiger partial charge on any atom is -0.504 e. The Morgan fingerprint density at radius 2 is 1.78 bits per heavy atom. The van der Waals surface area contributed by atoms with E-state index in [-0.39, 0.29) is 11.1 Å². The highest BCUT2D eigenvalue weighted by Gasteiger charge is 2.18. The number of phenolic OH excluding ortho intramolecular Hbond substituents is 2. The molecule has 6 nitrogen and oxygen atoms in total. The molecule has 0 bridgehead atoms. The van der Waals surface area contributed by atoms with Crippen molar-refractivity contribution < 1.29 is 24.2 Å². The molecule has 0 atom stereocenters. The van der Waals surface area contributed by atoms with Crippen molar-refractivity contribution in [1.29, 1.82) is 0 Å². The summed E-state index contributed by atoms with van der Waals surface area (Å²) in [7, 11) is 1.51. The standard InChI is InChI=1S/C17H12O6/c1-22-11-5-2-9(3-6-11)14(19)12-8-10-4-7-13(18)15(20)16(10)23-17(12)21/h2-8,18,20H,1H3. The van der Waals surface area contributed by atoms with E-state index >= 15 is 0 Å². The van der Waals surface area contributed by atoms with E-state index < -0.39 is 22.9 Å². The fraction of sp³-hybridized carbons (Fsp3) is 0.0588. The predicted octanol–water partition coefficient (Wildman–Crippen LogP) is 2.44. The van der Waals surface area contributed by atoms with Gasteiger partial charge >= 0.3 is 5.63 Å². The fourth-order valence-corrected chi connectivity index (χ4v) is 2.22. The number of hydrogen-bond acceptors (Lipinski definition) is 6. The van der Waals surface area contributed by atoms with Crippen molar-refractivity contribution in [3.8, 4) is 17.2 Å². The van der Waals surface area contributed by atoms with Gasteiger partial charge in [-0.3, -0.25) is 4.79 Å². The normalized spacial score (nSPS) is 10.7. The first-order valence-electron chi connectivity index (χ1n) is 6.69. The second-order valence-corrected chi connectivity index (χ2v) is 4.86. The summed E-state index contributed by atoms with van der Waals surface area (Å²) in [6, 6.07) is 10.3. The van der Waals surface area contributed by atoms with Crippen molar-refractivity contribution in [1.82, 2.24) is 0 Å². The van der Waals surface area contributed by atoms with Gasteiger partial charge in [0.25, 0.3) is 0 Å². The van der Waals surface area contributed by atoms with E-state index in [0.29, 0.717) is 16.7 Å². The number of fused-ring (bicyclic) bond motifs is 1. The van der Waals surface area contributed by atoms with Crippen LogP contribution >= 0.6 is 0 Å². The summed E-state index contributed by atoms with van der Waals surface area (Å²) in [5, 5.41) is 19.5. The number of aromatic hydroxyl groups is 2. The van der Waals surface area contributed by atoms with Crippen LogP contribution in [0.3, 0.4) is 0 Å². The third-order valence-electron chi connectivity index (χ3n) is 3.45. The summed E-state index contributed by atoms with van der Waals surface area (Å²) in [5.41, 5.74) is -0.909. The number of carbonyl (C=O) groups excluding carboxylic acids is 1. The maximum Gasteiger partial charge on any atom is 0.347 e. The van der Waals surface area contributed by atoms with Crippen LogP contribution in [0.1, 0.15) is 15.9 Å². The minimum absolute atomic E-state index is 0.159. The molecule has 0 aliphatic rings. The minimum atomic E-state index is -0.890. The topological polar surface area (TPSA) is 97.0 Å². The lowest BCUT2D eigenvalue weighted by Gasteiger charge is -2.05. The van der Waals surface area contributed by atoms with Crippen LogP contribution in [0, 0.1) is 0 Å². The lowest BCUT2D eigenvalue weighted by molar-refractivity contribution is 0.103. The molecule has 2 aromatic carbocycles. The van der Waals surface area contributed by atoms with E-state index in [2.05, 4.69) is 0 Å². The molecule has 1 aromatic heterocycles. The van der Waals surface area contributed by atoms with E-state index in [9.17, 15) is 19.8 Å². The van der Waals surface area contributed by atoms with Gasteiger partial charge in [-0.2, -0.15) is 0 Å². The Kier molecular flexibility index (Phi) is 3.50. The second kappa shape index (κ2) is 5.49. The van der Waals surface area contributed by atoms with Crippen LogP contribution in [0.25, 0.3) is 11.0 Å². The zero-order chi connectivity index (χ0) is 16.6. The van der Waals surface area contributed by atoms with E-state index in [4.69, 9.17) is 9.15 Å². The van der Waals surface area contributed by atoms with Gasteiger partial charge in [-0.25, -0.2) is 4.79 Å². The molecule has 0 aliphatic heterocycles. The number of phenols is 2. The molecule has 6 heteroatoms. The smallest absolute Gasteiger partial charge is 0.347 e. The highest BCUT2D eigenvalue weighted by molar-refractivity contribution is 6.10. The first kappa shape index (κ1) is 14.6. The van der Waals surface area contributed by atoms with Crippen LogP contribution in [-0.2, 0) is 0 Å². The van der Waals surface area contributed by atoms with Gasteiger partial charge in [0.2, 0.25) is 5.75 Å². The number of hydrogen-bond donors (Lipinski definition) is 2. The van der Waals surface area contributed by atoms with Crippen LogP contribution in [0.2, 0.25) is 0 Å². The van der Waals surface area contributed by atoms with Crippen LogP contribution in [0.5, 0.6) is 17.2 Å². The van der Waals surface area contributed by atoms with E-state index in [0.717, 1.165) is 0 Å². The number of methoxy groups -OCH3 is 1. The highest BCUT2D eigenvalue weighted by atomic mass is 16.5. The molecular weight excluding hydrogens is 300 g/mol. The van der Waals surface area contributed by atoms with Gasteiger partial charge in [0.15, 0.2) is 17.1 Å². The molecule has 3 aromatic rings. The van der Waals surface area contributed by atoms with Gasteiger partial charge in [0.05, 0.1) is 7.11 Å². The Morgan fingerprint density at radius 1 is 1.09 bits per heavy atom. The molecule has 0 unspecified atom stereocenters. The molecule has 0 saturated heterocycles. The van der Waals surface area contributed by atoms with Crippen molar-refractivity contribution in [2.24, 2.45) is 0 Å². The average Bonchev–Trinajstić information content (AvgIpc) is 2.58. The van der Waals surface area contributed by atoms with E-state index in [1.807, 2.05) is 0 Å². The van der Waals surface area contributed by atoms with Crippen molar-refractivity contribution in [2.45, 2.75) is 0 Å². The molecule has 0 radical (unpaired) electrons. The lowest BCUT2D eigenvalue weighted by atomic mass is 10.0. The first-order valence-corrected chi connectivity index (χ1v) is 6.69. The Bertz CT molecular complexity index is 953. The number of rotatable bonds is 3. The summed E-state index contributed by atoms with van der Waals surface area (Å²) >= 11 is 0. The molecule has 0 spiro atoms. The second-order valence-electron chi connectivity index (χ2n) is 4.86. The van der Waals surface area contributed by atoms with Crippen molar-refractivity contribution in [3.05, 3.63) is 64.0 Å². The average molecular weight is 312 g/mol. The summed E-state index contributed by atoms with van der Waals surface area (Å²) in [6.45, 7) is 0. The number of benzene rings is 2. The third-order valence-corrected chi connectivity index (χ3v) is 3.45. The van der Waals surface area contributed by atoms with Gasteiger partial charge in [-0.05, 0) is 42.5 Å². The van der Waals surface area contributed by atoms with Crippen molar-refractivity contribution in [3.63, 3.8) is 0 Å². The molecule has 23 heavy (non-hydrogen) atoms. The highest BCUT2D eigenvalue weighted by Crippen LogP contribution is 2.33. The lowest BCUT2D eigenvalue weighted by Crippen LogP contribution is -2.14. The molecule has 0 saturated carbocycles. The monoisotopic (exact) mass is 312 g/mol. The summed E-state index contributed by atoms with van der Waals surface area (Å²) < 4.78 is 10.00. The molecule has 3 rings (SSSR count). The van der Waals surface area contributed by atoms with Gasteiger partial charge in [-0.15, -0.1) is 0 Å². The molecule has 1 heterocycles. The van der Waals surface area contributed by atoms with E-state index in [1.54, 1.807) is 24.3 Å². The first-order chi connectivity index (χ1) is 11.0. The Balaban J connectivity index is 2.12. The number of ketones is 1. The van der Waals surface area contributed by atoms with Crippen LogP contribution < -0.4 is 10.4 Å². The Hall–Kier alpha value is -3.28. The summed E-state index contributed by atoms with van der Waals surface area (Å²) in [6.07, 6.45) is 0. The number of carbonyl (C=O) groups is 1. The SMILES string of the molecule is COc1ccc(C(=O)c2cc3ccc(O)c(O)c3oc2=O)cc1. The summed E-state index contributed by atoms with van der Waals surface area (Å²) in [4.78, 5) is 24.5. The van der Waals surface area contributed by atoms with Crippen LogP contribution in [0.4, 0.5) is 0 Å². The molecule has 0 amide bonds. The fourth-order valence-electron chi connectivity index (χ4n) is 2.22. The van der Waals surface area contributed by atoms with Gasteiger partial charge < -0.3 is 19.4 Å².